The first-order chi connectivity index (χ1) is 8.84. The minimum absolute atomic E-state index is 0.760. The Hall–Kier alpha value is -1.93. The molecule has 1 aromatic heterocycles. The van der Waals surface area contributed by atoms with Crippen molar-refractivity contribution in [1.82, 2.24) is 0 Å². The molecule has 1 N–H and O–H groups in total. The van der Waals surface area contributed by atoms with Crippen molar-refractivity contribution in [1.29, 1.82) is 0 Å². The zero-order chi connectivity index (χ0) is 12.1. The van der Waals surface area contributed by atoms with Crippen molar-refractivity contribution in [2.24, 2.45) is 0 Å². The Morgan fingerprint density at radius 2 is 2.06 bits per heavy atom. The topological polar surface area (TPSA) is 25.2 Å². The molecular weight excluding hydrogens is 246 g/mol. The Morgan fingerprint density at radius 1 is 1.17 bits per heavy atom. The van der Waals surface area contributed by atoms with E-state index < -0.39 is 0 Å². The van der Waals surface area contributed by atoms with E-state index in [4.69, 9.17) is 16.0 Å². The second-order valence-electron chi connectivity index (χ2n) is 4.41. The van der Waals surface area contributed by atoms with Crippen LogP contribution in [0, 0.1) is 0 Å². The van der Waals surface area contributed by atoms with Crippen molar-refractivity contribution in [3.05, 3.63) is 47.0 Å². The van der Waals surface area contributed by atoms with Gasteiger partial charge in [0, 0.05) is 34.6 Å². The Balaban J connectivity index is 2.23. The van der Waals surface area contributed by atoms with Gasteiger partial charge in [-0.05, 0) is 6.07 Å². The van der Waals surface area contributed by atoms with E-state index in [-0.39, 0.29) is 0 Å². The number of hydrogen-bond donors (Lipinski definition) is 1. The van der Waals surface area contributed by atoms with Crippen LogP contribution in [0.15, 0.2) is 40.8 Å². The normalized spacial score (nSPS) is 13.8. The summed E-state index contributed by atoms with van der Waals surface area (Å²) in [5, 5.41) is 6.14. The second kappa shape index (κ2) is 3.53. The monoisotopic (exact) mass is 255 g/mol. The Labute approximate surface area is 109 Å². The summed E-state index contributed by atoms with van der Waals surface area (Å²) < 4.78 is 5.85. The standard InChI is InChI=1S/C15H10ClNO/c16-15-9-5-3-7-17-11(9)8-13-14(15)10-4-1-2-6-12(10)18-13/h1-6,8,17H,7H2. The first-order valence-electron chi connectivity index (χ1n) is 5.89. The van der Waals surface area contributed by atoms with Gasteiger partial charge < -0.3 is 9.73 Å². The molecule has 0 radical (unpaired) electrons. The molecular formula is C15H10ClNO. The minimum Gasteiger partial charge on any atom is -0.456 e. The van der Waals surface area contributed by atoms with Gasteiger partial charge in [-0.15, -0.1) is 0 Å². The van der Waals surface area contributed by atoms with Crippen LogP contribution in [0.5, 0.6) is 0 Å². The molecule has 0 fully saturated rings. The molecule has 0 bridgehead atoms. The Morgan fingerprint density at radius 3 is 3.00 bits per heavy atom. The van der Waals surface area contributed by atoms with Crippen molar-refractivity contribution in [2.45, 2.75) is 0 Å². The predicted molar refractivity (Wildman–Crippen MR) is 76.3 cm³/mol. The molecule has 3 aromatic rings. The predicted octanol–water partition coefficient (Wildman–Crippen LogP) is 4.68. The maximum atomic E-state index is 6.53. The number of rotatable bonds is 0. The molecule has 3 heteroatoms. The van der Waals surface area contributed by atoms with E-state index in [1.165, 1.54) is 0 Å². The summed E-state index contributed by atoms with van der Waals surface area (Å²) >= 11 is 6.53. The van der Waals surface area contributed by atoms with Crippen LogP contribution in [-0.2, 0) is 0 Å². The zero-order valence-electron chi connectivity index (χ0n) is 9.53. The molecule has 0 spiro atoms. The minimum atomic E-state index is 0.760. The highest BCUT2D eigenvalue weighted by Gasteiger charge is 2.17. The highest BCUT2D eigenvalue weighted by Crippen LogP contribution is 2.40. The van der Waals surface area contributed by atoms with E-state index in [0.29, 0.717) is 0 Å². The molecule has 2 heterocycles. The fraction of sp³-hybridized carbons (Fsp3) is 0.0667. The van der Waals surface area contributed by atoms with Crippen LogP contribution in [0.25, 0.3) is 28.0 Å². The molecule has 0 saturated carbocycles. The molecule has 1 aliphatic heterocycles. The lowest BCUT2D eigenvalue weighted by molar-refractivity contribution is 0.669. The van der Waals surface area contributed by atoms with E-state index in [0.717, 1.165) is 44.8 Å². The highest BCUT2D eigenvalue weighted by molar-refractivity contribution is 6.39. The van der Waals surface area contributed by atoms with E-state index in [1.54, 1.807) is 0 Å². The largest absolute Gasteiger partial charge is 0.456 e. The van der Waals surface area contributed by atoms with Gasteiger partial charge in [0.25, 0.3) is 0 Å². The summed E-state index contributed by atoms with van der Waals surface area (Å²) in [5.41, 5.74) is 3.79. The average molecular weight is 256 g/mol. The summed E-state index contributed by atoms with van der Waals surface area (Å²) in [6, 6.07) is 10.0. The molecule has 2 aromatic carbocycles. The number of anilines is 1. The Kier molecular flexibility index (Phi) is 1.97. The molecule has 2 nitrogen and oxygen atoms in total. The van der Waals surface area contributed by atoms with Gasteiger partial charge >= 0.3 is 0 Å². The van der Waals surface area contributed by atoms with Gasteiger partial charge in [0.15, 0.2) is 0 Å². The third-order valence-corrected chi connectivity index (χ3v) is 3.73. The third-order valence-electron chi connectivity index (χ3n) is 3.34. The van der Waals surface area contributed by atoms with E-state index in [1.807, 2.05) is 30.3 Å². The molecule has 0 unspecified atom stereocenters. The maximum Gasteiger partial charge on any atom is 0.139 e. The van der Waals surface area contributed by atoms with Gasteiger partial charge in [-0.1, -0.05) is 42.0 Å². The molecule has 88 valence electrons. The van der Waals surface area contributed by atoms with E-state index in [2.05, 4.69) is 17.5 Å². The molecule has 18 heavy (non-hydrogen) atoms. The fourth-order valence-electron chi connectivity index (χ4n) is 2.51. The summed E-state index contributed by atoms with van der Waals surface area (Å²) in [5.74, 6) is 0. The molecule has 0 aliphatic carbocycles. The van der Waals surface area contributed by atoms with Crippen LogP contribution in [0.4, 0.5) is 5.69 Å². The summed E-state index contributed by atoms with van der Waals surface area (Å²) in [4.78, 5) is 0. The smallest absolute Gasteiger partial charge is 0.139 e. The van der Waals surface area contributed by atoms with Crippen LogP contribution >= 0.6 is 11.6 Å². The molecule has 1 aliphatic rings. The van der Waals surface area contributed by atoms with Gasteiger partial charge in [0.1, 0.15) is 11.2 Å². The van der Waals surface area contributed by atoms with Gasteiger partial charge in [0.2, 0.25) is 0 Å². The van der Waals surface area contributed by atoms with Gasteiger partial charge in [-0.25, -0.2) is 0 Å². The van der Waals surface area contributed by atoms with Crippen molar-refractivity contribution in [3.8, 4) is 0 Å². The Bertz CT molecular complexity index is 801. The van der Waals surface area contributed by atoms with Gasteiger partial charge in [-0.3, -0.25) is 0 Å². The lowest BCUT2D eigenvalue weighted by Gasteiger charge is -2.14. The third kappa shape index (κ3) is 1.24. The summed E-state index contributed by atoms with van der Waals surface area (Å²) in [6.45, 7) is 0.828. The van der Waals surface area contributed by atoms with Crippen molar-refractivity contribution < 1.29 is 4.42 Å². The molecule has 4 rings (SSSR count). The summed E-state index contributed by atoms with van der Waals surface area (Å²) in [6.07, 6.45) is 4.14. The SMILES string of the molecule is Clc1c2c(cc3oc4ccccc4c13)NCC=C2. The fourth-order valence-corrected chi connectivity index (χ4v) is 2.87. The maximum absolute atomic E-state index is 6.53. The zero-order valence-corrected chi connectivity index (χ0v) is 10.3. The lowest BCUT2D eigenvalue weighted by atomic mass is 10.0. The van der Waals surface area contributed by atoms with Crippen LogP contribution in [0.2, 0.25) is 5.02 Å². The number of furan rings is 1. The highest BCUT2D eigenvalue weighted by atomic mass is 35.5. The molecule has 0 saturated heterocycles. The molecule has 0 amide bonds. The summed E-state index contributed by atoms with van der Waals surface area (Å²) in [7, 11) is 0. The quantitative estimate of drug-likeness (QED) is 0.631. The first kappa shape index (κ1) is 10.0. The number of para-hydroxylation sites is 1. The number of fused-ring (bicyclic) bond motifs is 4. The number of halogens is 1. The van der Waals surface area contributed by atoms with Crippen molar-refractivity contribution in [2.75, 3.05) is 11.9 Å². The molecule has 0 atom stereocenters. The lowest BCUT2D eigenvalue weighted by Crippen LogP contribution is -2.04. The number of benzene rings is 2. The van der Waals surface area contributed by atoms with Crippen molar-refractivity contribution >= 4 is 45.3 Å². The van der Waals surface area contributed by atoms with E-state index in [9.17, 15) is 0 Å². The van der Waals surface area contributed by atoms with Crippen LogP contribution < -0.4 is 5.32 Å². The van der Waals surface area contributed by atoms with E-state index >= 15 is 0 Å². The van der Waals surface area contributed by atoms with Gasteiger partial charge in [-0.2, -0.15) is 0 Å². The van der Waals surface area contributed by atoms with Crippen LogP contribution in [0.3, 0.4) is 0 Å². The number of nitrogens with one attached hydrogen (secondary N) is 1. The van der Waals surface area contributed by atoms with Crippen LogP contribution in [0.1, 0.15) is 5.56 Å². The first-order valence-corrected chi connectivity index (χ1v) is 6.26. The number of hydrogen-bond acceptors (Lipinski definition) is 2. The van der Waals surface area contributed by atoms with Crippen LogP contribution in [-0.4, -0.2) is 6.54 Å². The average Bonchev–Trinajstić information content (AvgIpc) is 2.77. The van der Waals surface area contributed by atoms with Crippen molar-refractivity contribution in [3.63, 3.8) is 0 Å². The second-order valence-corrected chi connectivity index (χ2v) is 4.78. The van der Waals surface area contributed by atoms with Gasteiger partial charge in [0.05, 0.1) is 5.02 Å².